The highest BCUT2D eigenvalue weighted by Crippen LogP contribution is 2.17. The second-order valence-electron chi connectivity index (χ2n) is 3.64. The van der Waals surface area contributed by atoms with Gasteiger partial charge in [-0.1, -0.05) is 24.3 Å². The molecule has 1 aromatic rings. The van der Waals surface area contributed by atoms with E-state index in [1.165, 1.54) is 0 Å². The Balaban J connectivity index is 0.00000324. The van der Waals surface area contributed by atoms with E-state index in [1.807, 2.05) is 31.2 Å². The largest absolute Gasteiger partial charge is 0.494 e. The van der Waals surface area contributed by atoms with Crippen LogP contribution < -0.4 is 15.4 Å². The Morgan fingerprint density at radius 2 is 2.11 bits per heavy atom. The van der Waals surface area contributed by atoms with Crippen LogP contribution in [0.3, 0.4) is 0 Å². The average Bonchev–Trinajstić information content (AvgIpc) is 2.41. The number of benzene rings is 1. The Morgan fingerprint density at radius 1 is 1.37 bits per heavy atom. The maximum atomic E-state index is 5.57. The third-order valence-electron chi connectivity index (χ3n) is 2.36. The van der Waals surface area contributed by atoms with Crippen LogP contribution in [0.25, 0.3) is 0 Å². The molecule has 106 valence electrons. The van der Waals surface area contributed by atoms with Gasteiger partial charge in [-0.25, -0.2) is 0 Å². The van der Waals surface area contributed by atoms with E-state index in [-0.39, 0.29) is 24.0 Å². The Morgan fingerprint density at radius 3 is 2.74 bits per heavy atom. The highest BCUT2D eigenvalue weighted by Gasteiger charge is 2.03. The Labute approximate surface area is 132 Å². The fourth-order valence-corrected chi connectivity index (χ4v) is 1.51. The lowest BCUT2D eigenvalue weighted by Gasteiger charge is -2.13. The summed E-state index contributed by atoms with van der Waals surface area (Å²) < 4.78 is 5.57. The van der Waals surface area contributed by atoms with Crippen molar-refractivity contribution in [3.63, 3.8) is 0 Å². The first-order valence-electron chi connectivity index (χ1n) is 6.08. The first kappa shape index (κ1) is 17.8. The second kappa shape index (κ2) is 10.7. The topological polar surface area (TPSA) is 45.7 Å². The molecule has 0 atom stereocenters. The molecule has 0 radical (unpaired) electrons. The highest BCUT2D eigenvalue weighted by molar-refractivity contribution is 14.0. The van der Waals surface area contributed by atoms with Gasteiger partial charge >= 0.3 is 0 Å². The molecular formula is C14H22IN3O. The standard InChI is InChI=1S/C14H21N3O.HI/c1-4-10-16-14(15-3)17-11-12-8-6-7-9-13(12)18-5-2;/h4,6-9H,1,5,10-11H2,2-3H3,(H2,15,16,17);1H. The van der Waals surface area contributed by atoms with Gasteiger partial charge in [0.1, 0.15) is 5.75 Å². The summed E-state index contributed by atoms with van der Waals surface area (Å²) in [6.07, 6.45) is 1.79. The molecule has 0 saturated carbocycles. The maximum Gasteiger partial charge on any atom is 0.191 e. The van der Waals surface area contributed by atoms with Gasteiger partial charge < -0.3 is 15.4 Å². The van der Waals surface area contributed by atoms with Crippen LogP contribution >= 0.6 is 24.0 Å². The predicted molar refractivity (Wildman–Crippen MR) is 91.4 cm³/mol. The first-order valence-corrected chi connectivity index (χ1v) is 6.08. The molecule has 0 spiro atoms. The summed E-state index contributed by atoms with van der Waals surface area (Å²) in [7, 11) is 1.74. The number of nitrogens with zero attached hydrogens (tertiary/aromatic N) is 1. The van der Waals surface area contributed by atoms with Crippen molar-refractivity contribution < 1.29 is 4.74 Å². The summed E-state index contributed by atoms with van der Waals surface area (Å²) >= 11 is 0. The molecule has 5 heteroatoms. The van der Waals surface area contributed by atoms with Crippen molar-refractivity contribution in [3.8, 4) is 5.75 Å². The van der Waals surface area contributed by atoms with Gasteiger partial charge in [-0.3, -0.25) is 4.99 Å². The molecule has 4 nitrogen and oxygen atoms in total. The SMILES string of the molecule is C=CCNC(=NC)NCc1ccccc1OCC.I. The summed E-state index contributed by atoms with van der Waals surface area (Å²) in [5.74, 6) is 1.66. The van der Waals surface area contributed by atoms with E-state index < -0.39 is 0 Å². The van der Waals surface area contributed by atoms with Crippen LogP contribution in [-0.2, 0) is 6.54 Å². The van der Waals surface area contributed by atoms with Crippen LogP contribution in [0.15, 0.2) is 41.9 Å². The van der Waals surface area contributed by atoms with Crippen molar-refractivity contribution >= 4 is 29.9 Å². The van der Waals surface area contributed by atoms with E-state index in [1.54, 1.807) is 13.1 Å². The lowest BCUT2D eigenvalue weighted by molar-refractivity contribution is 0.336. The molecule has 0 aliphatic rings. The summed E-state index contributed by atoms with van der Waals surface area (Å²) in [6.45, 7) is 7.67. The van der Waals surface area contributed by atoms with Crippen LogP contribution in [0.2, 0.25) is 0 Å². The number of ether oxygens (including phenoxy) is 1. The van der Waals surface area contributed by atoms with Crippen molar-refractivity contribution in [2.75, 3.05) is 20.2 Å². The number of hydrogen-bond acceptors (Lipinski definition) is 2. The Bertz CT molecular complexity index is 407. The smallest absolute Gasteiger partial charge is 0.191 e. The first-order chi connectivity index (χ1) is 8.81. The van der Waals surface area contributed by atoms with E-state index in [2.05, 4.69) is 22.2 Å². The fraction of sp³-hybridized carbons (Fsp3) is 0.357. The highest BCUT2D eigenvalue weighted by atomic mass is 127. The lowest BCUT2D eigenvalue weighted by atomic mass is 10.2. The van der Waals surface area contributed by atoms with E-state index in [9.17, 15) is 0 Å². The van der Waals surface area contributed by atoms with Crippen LogP contribution in [0.4, 0.5) is 0 Å². The van der Waals surface area contributed by atoms with E-state index in [0.717, 1.165) is 17.3 Å². The Kier molecular flexibility index (Phi) is 9.97. The van der Waals surface area contributed by atoms with Crippen molar-refractivity contribution in [2.24, 2.45) is 4.99 Å². The van der Waals surface area contributed by atoms with E-state index >= 15 is 0 Å². The third-order valence-corrected chi connectivity index (χ3v) is 2.36. The minimum absolute atomic E-state index is 0. The van der Waals surface area contributed by atoms with Crippen molar-refractivity contribution in [1.82, 2.24) is 10.6 Å². The summed E-state index contributed by atoms with van der Waals surface area (Å²) in [4.78, 5) is 4.12. The minimum atomic E-state index is 0. The quantitative estimate of drug-likeness (QED) is 0.348. The molecule has 0 amide bonds. The van der Waals surface area contributed by atoms with Gasteiger partial charge in [0.2, 0.25) is 0 Å². The zero-order chi connectivity index (χ0) is 13.2. The molecule has 0 aromatic heterocycles. The molecule has 1 aromatic carbocycles. The van der Waals surface area contributed by atoms with Crippen LogP contribution in [0, 0.1) is 0 Å². The molecule has 0 saturated heterocycles. The molecule has 0 aliphatic carbocycles. The minimum Gasteiger partial charge on any atom is -0.494 e. The monoisotopic (exact) mass is 375 g/mol. The zero-order valence-corrected chi connectivity index (χ0v) is 13.8. The zero-order valence-electron chi connectivity index (χ0n) is 11.5. The van der Waals surface area contributed by atoms with Gasteiger partial charge in [0, 0.05) is 25.7 Å². The molecule has 19 heavy (non-hydrogen) atoms. The molecule has 0 fully saturated rings. The van der Waals surface area contributed by atoms with Crippen molar-refractivity contribution in [1.29, 1.82) is 0 Å². The number of halogens is 1. The van der Waals surface area contributed by atoms with Gasteiger partial charge in [0.15, 0.2) is 5.96 Å². The number of hydrogen-bond donors (Lipinski definition) is 2. The fourth-order valence-electron chi connectivity index (χ4n) is 1.51. The van der Waals surface area contributed by atoms with Gasteiger partial charge in [-0.15, -0.1) is 30.6 Å². The van der Waals surface area contributed by atoms with Gasteiger partial charge in [-0.05, 0) is 13.0 Å². The molecule has 0 aliphatic heterocycles. The number of nitrogens with one attached hydrogen (secondary N) is 2. The molecule has 0 unspecified atom stereocenters. The predicted octanol–water partition coefficient (Wildman–Crippen LogP) is 2.55. The average molecular weight is 375 g/mol. The molecule has 0 heterocycles. The summed E-state index contributed by atoms with van der Waals surface area (Å²) in [5, 5.41) is 6.35. The molecule has 1 rings (SSSR count). The number of aliphatic imine (C=N–C) groups is 1. The lowest BCUT2D eigenvalue weighted by Crippen LogP contribution is -2.36. The third kappa shape index (κ3) is 6.47. The second-order valence-corrected chi connectivity index (χ2v) is 3.64. The number of guanidine groups is 1. The summed E-state index contributed by atoms with van der Waals surface area (Å²) in [6, 6.07) is 7.98. The molecule has 0 bridgehead atoms. The van der Waals surface area contributed by atoms with Crippen LogP contribution in [0.5, 0.6) is 5.75 Å². The maximum absolute atomic E-state index is 5.57. The molecular weight excluding hydrogens is 353 g/mol. The van der Waals surface area contributed by atoms with Crippen LogP contribution in [0.1, 0.15) is 12.5 Å². The summed E-state index contributed by atoms with van der Waals surface area (Å²) in [5.41, 5.74) is 1.11. The number of rotatable bonds is 6. The Hall–Kier alpha value is -1.24. The van der Waals surface area contributed by atoms with Gasteiger partial charge in [-0.2, -0.15) is 0 Å². The van der Waals surface area contributed by atoms with Crippen molar-refractivity contribution in [3.05, 3.63) is 42.5 Å². The van der Waals surface area contributed by atoms with E-state index in [4.69, 9.17) is 4.74 Å². The normalized spacial score (nSPS) is 10.3. The van der Waals surface area contributed by atoms with Gasteiger partial charge in [0.25, 0.3) is 0 Å². The van der Waals surface area contributed by atoms with Crippen LogP contribution in [-0.4, -0.2) is 26.2 Å². The molecule has 2 N–H and O–H groups in total. The van der Waals surface area contributed by atoms with E-state index in [0.29, 0.717) is 19.7 Å². The number of para-hydroxylation sites is 1. The van der Waals surface area contributed by atoms with Crippen molar-refractivity contribution in [2.45, 2.75) is 13.5 Å². The van der Waals surface area contributed by atoms with Gasteiger partial charge in [0.05, 0.1) is 6.61 Å².